The first kappa shape index (κ1) is 10.3. The Morgan fingerprint density at radius 3 is 2.31 bits per heavy atom. The van der Waals surface area contributed by atoms with E-state index in [4.69, 9.17) is 5.73 Å². The second-order valence-corrected chi connectivity index (χ2v) is 3.78. The molecule has 1 heteroatoms. The number of nitrogens with two attached hydrogens (primary N) is 1. The predicted molar refractivity (Wildman–Crippen MR) is 57.4 cm³/mol. The molecule has 71 valence electrons. The number of hydrogen-bond donors (Lipinski definition) is 1. The maximum absolute atomic E-state index is 5.42. The molecule has 1 rings (SSSR count). The highest BCUT2D eigenvalue weighted by Gasteiger charge is 1.97. The van der Waals surface area contributed by atoms with Gasteiger partial charge >= 0.3 is 0 Å². The molecule has 0 amide bonds. The summed E-state index contributed by atoms with van der Waals surface area (Å²) >= 11 is 0. The van der Waals surface area contributed by atoms with Gasteiger partial charge in [-0.1, -0.05) is 38.1 Å². The van der Waals surface area contributed by atoms with Crippen LogP contribution >= 0.6 is 0 Å². The highest BCUT2D eigenvalue weighted by Crippen LogP contribution is 2.10. The summed E-state index contributed by atoms with van der Waals surface area (Å²) in [6.07, 6.45) is 3.18. The van der Waals surface area contributed by atoms with Gasteiger partial charge in [0, 0.05) is 6.42 Å². The number of hydrogen-bond acceptors (Lipinski definition) is 1. The zero-order valence-electron chi connectivity index (χ0n) is 8.46. The third kappa shape index (κ3) is 3.60. The monoisotopic (exact) mass is 176 g/mol. The van der Waals surface area contributed by atoms with Gasteiger partial charge in [-0.3, -0.25) is 0 Å². The molecule has 0 aliphatic rings. The van der Waals surface area contributed by atoms with Gasteiger partial charge in [-0.25, -0.2) is 0 Å². The average Bonchev–Trinajstić information content (AvgIpc) is 2.08. The minimum atomic E-state index is 0.615. The Balaban J connectivity index is 2.59. The first-order valence-electron chi connectivity index (χ1n) is 4.84. The number of rotatable bonds is 4. The van der Waals surface area contributed by atoms with Crippen LogP contribution in [0.5, 0.6) is 0 Å². The van der Waals surface area contributed by atoms with Crippen molar-refractivity contribution in [1.82, 2.24) is 0 Å². The van der Waals surface area contributed by atoms with Crippen molar-refractivity contribution in [2.75, 3.05) is 6.54 Å². The maximum Gasteiger partial charge on any atom is 0.00420 e. The van der Waals surface area contributed by atoms with E-state index in [1.807, 2.05) is 6.42 Å². The van der Waals surface area contributed by atoms with E-state index in [0.717, 1.165) is 12.3 Å². The van der Waals surface area contributed by atoms with E-state index >= 15 is 0 Å². The van der Waals surface area contributed by atoms with Crippen LogP contribution < -0.4 is 5.73 Å². The zero-order valence-corrected chi connectivity index (χ0v) is 8.46. The van der Waals surface area contributed by atoms with E-state index in [-0.39, 0.29) is 0 Å². The lowest BCUT2D eigenvalue weighted by molar-refractivity contribution is 0.647. The van der Waals surface area contributed by atoms with Crippen LogP contribution in [-0.2, 0) is 6.42 Å². The van der Waals surface area contributed by atoms with Crippen LogP contribution in [0.15, 0.2) is 24.3 Å². The summed E-state index contributed by atoms with van der Waals surface area (Å²) in [5, 5.41) is 0. The summed E-state index contributed by atoms with van der Waals surface area (Å²) in [7, 11) is 0. The molecule has 0 unspecified atom stereocenters. The molecular formula is C12H18N. The molecule has 2 N–H and O–H groups in total. The quantitative estimate of drug-likeness (QED) is 0.749. The Morgan fingerprint density at radius 1 is 1.23 bits per heavy atom. The van der Waals surface area contributed by atoms with Gasteiger partial charge in [0.2, 0.25) is 0 Å². The van der Waals surface area contributed by atoms with Crippen molar-refractivity contribution in [3.63, 3.8) is 0 Å². The van der Waals surface area contributed by atoms with Crippen LogP contribution in [0, 0.1) is 12.3 Å². The fourth-order valence-electron chi connectivity index (χ4n) is 1.40. The summed E-state index contributed by atoms with van der Waals surface area (Å²) in [6.45, 7) is 5.09. The molecule has 0 spiro atoms. The van der Waals surface area contributed by atoms with Gasteiger partial charge < -0.3 is 5.73 Å². The highest BCUT2D eigenvalue weighted by molar-refractivity contribution is 5.27. The molecule has 0 saturated heterocycles. The van der Waals surface area contributed by atoms with E-state index in [1.54, 1.807) is 0 Å². The summed E-state index contributed by atoms with van der Waals surface area (Å²) in [6, 6.07) is 8.62. The molecule has 0 atom stereocenters. The summed E-state index contributed by atoms with van der Waals surface area (Å²) in [5.74, 6) is 0.726. The average molecular weight is 176 g/mol. The molecular weight excluding hydrogens is 158 g/mol. The van der Waals surface area contributed by atoms with Crippen LogP contribution in [0.2, 0.25) is 0 Å². The van der Waals surface area contributed by atoms with Crippen molar-refractivity contribution < 1.29 is 0 Å². The van der Waals surface area contributed by atoms with Crippen LogP contribution in [0.3, 0.4) is 0 Å². The van der Waals surface area contributed by atoms with Crippen LogP contribution in [0.1, 0.15) is 25.0 Å². The Labute approximate surface area is 81.0 Å². The fraction of sp³-hybridized carbons (Fsp3) is 0.417. The van der Waals surface area contributed by atoms with Crippen LogP contribution in [0.25, 0.3) is 0 Å². The lowest BCUT2D eigenvalue weighted by Gasteiger charge is -2.05. The molecule has 1 aromatic rings. The van der Waals surface area contributed by atoms with Crippen LogP contribution in [0.4, 0.5) is 0 Å². The second-order valence-electron chi connectivity index (χ2n) is 3.78. The molecule has 0 bridgehead atoms. The Bertz CT molecular complexity index is 236. The van der Waals surface area contributed by atoms with E-state index in [1.165, 1.54) is 11.1 Å². The Hall–Kier alpha value is -0.820. The Morgan fingerprint density at radius 2 is 1.85 bits per heavy atom. The fourth-order valence-corrected chi connectivity index (χ4v) is 1.40. The third-order valence-corrected chi connectivity index (χ3v) is 1.98. The van der Waals surface area contributed by atoms with Crippen molar-refractivity contribution in [2.45, 2.75) is 20.3 Å². The van der Waals surface area contributed by atoms with E-state index in [9.17, 15) is 0 Å². The highest BCUT2D eigenvalue weighted by atomic mass is 14.5. The topological polar surface area (TPSA) is 26.0 Å². The lowest BCUT2D eigenvalue weighted by atomic mass is 10.0. The molecule has 13 heavy (non-hydrogen) atoms. The van der Waals surface area contributed by atoms with E-state index in [2.05, 4.69) is 38.1 Å². The minimum absolute atomic E-state index is 0.615. The smallest absolute Gasteiger partial charge is 0.00420 e. The maximum atomic E-state index is 5.42. The summed E-state index contributed by atoms with van der Waals surface area (Å²) in [4.78, 5) is 0. The zero-order chi connectivity index (χ0) is 9.68. The first-order chi connectivity index (χ1) is 6.22. The normalized spacial score (nSPS) is 10.8. The predicted octanol–water partition coefficient (Wildman–Crippen LogP) is 2.40. The van der Waals surface area contributed by atoms with Gasteiger partial charge in [-0.2, -0.15) is 0 Å². The molecule has 1 aromatic carbocycles. The molecule has 0 aromatic heterocycles. The molecule has 0 heterocycles. The van der Waals surface area contributed by atoms with Crippen molar-refractivity contribution in [3.05, 3.63) is 41.8 Å². The lowest BCUT2D eigenvalue weighted by Crippen LogP contribution is -2.00. The van der Waals surface area contributed by atoms with Crippen molar-refractivity contribution in [3.8, 4) is 0 Å². The van der Waals surface area contributed by atoms with Gasteiger partial charge in [-0.15, -0.1) is 0 Å². The molecule has 1 nitrogen and oxygen atoms in total. The number of benzene rings is 1. The second kappa shape index (κ2) is 5.03. The Kier molecular flexibility index (Phi) is 3.97. The van der Waals surface area contributed by atoms with Crippen molar-refractivity contribution in [1.29, 1.82) is 0 Å². The van der Waals surface area contributed by atoms with E-state index in [0.29, 0.717) is 6.54 Å². The SMILES string of the molecule is CC(C)Cc1ccc([CH]CN)cc1. The van der Waals surface area contributed by atoms with Crippen molar-refractivity contribution >= 4 is 0 Å². The van der Waals surface area contributed by atoms with Gasteiger partial charge in [-0.05, 0) is 30.0 Å². The third-order valence-electron chi connectivity index (χ3n) is 1.98. The van der Waals surface area contributed by atoms with E-state index < -0.39 is 0 Å². The molecule has 0 aliphatic heterocycles. The summed E-state index contributed by atoms with van der Waals surface area (Å²) in [5.41, 5.74) is 8.05. The van der Waals surface area contributed by atoms with Crippen molar-refractivity contribution in [2.24, 2.45) is 11.7 Å². The van der Waals surface area contributed by atoms with Crippen LogP contribution in [-0.4, -0.2) is 6.54 Å². The molecule has 0 saturated carbocycles. The minimum Gasteiger partial charge on any atom is -0.330 e. The molecule has 0 aliphatic carbocycles. The summed E-state index contributed by atoms with van der Waals surface area (Å²) < 4.78 is 0. The molecule has 1 radical (unpaired) electrons. The largest absolute Gasteiger partial charge is 0.330 e. The van der Waals surface area contributed by atoms with Gasteiger partial charge in [0.25, 0.3) is 0 Å². The first-order valence-corrected chi connectivity index (χ1v) is 4.84. The van der Waals surface area contributed by atoms with Gasteiger partial charge in [0.05, 0.1) is 0 Å². The van der Waals surface area contributed by atoms with Gasteiger partial charge in [0.15, 0.2) is 0 Å². The standard InChI is InChI=1S/C12H18N/c1-10(2)9-12-5-3-11(4-6-12)7-8-13/h3-7,10H,8-9,13H2,1-2H3. The molecule has 0 fully saturated rings. The van der Waals surface area contributed by atoms with Gasteiger partial charge in [0.1, 0.15) is 0 Å².